The Bertz CT molecular complexity index is 725. The molecule has 0 radical (unpaired) electrons. The summed E-state index contributed by atoms with van der Waals surface area (Å²) < 4.78 is 5.15. The number of methoxy groups -OCH3 is 1. The summed E-state index contributed by atoms with van der Waals surface area (Å²) in [5.41, 5.74) is 2.86. The lowest BCUT2D eigenvalue weighted by Gasteiger charge is -2.20. The van der Waals surface area contributed by atoms with Gasteiger partial charge in [0.25, 0.3) is 5.91 Å². The number of hydrogen-bond acceptors (Lipinski definition) is 4. The molecule has 1 N–H and O–H groups in total. The Hall–Kier alpha value is -2.40. The van der Waals surface area contributed by atoms with Gasteiger partial charge in [0, 0.05) is 19.3 Å². The van der Waals surface area contributed by atoms with Crippen LogP contribution in [0.4, 0.5) is 0 Å². The zero-order valence-electron chi connectivity index (χ0n) is 15.4. The third kappa shape index (κ3) is 5.05. The van der Waals surface area contributed by atoms with E-state index in [0.29, 0.717) is 18.0 Å². The van der Waals surface area contributed by atoms with E-state index in [1.165, 1.54) is 51.4 Å². The monoisotopic (exact) mass is 353 g/mol. The highest BCUT2D eigenvalue weighted by Crippen LogP contribution is 2.15. The number of nitrogens with zero attached hydrogens (tertiary/aromatic N) is 2. The maximum absolute atomic E-state index is 12.4. The number of aromatic nitrogens is 1. The summed E-state index contributed by atoms with van der Waals surface area (Å²) in [6.45, 7) is 3.84. The summed E-state index contributed by atoms with van der Waals surface area (Å²) in [4.78, 5) is 19.0. The van der Waals surface area contributed by atoms with E-state index in [1.807, 2.05) is 6.07 Å². The van der Waals surface area contributed by atoms with Gasteiger partial charge in [0.2, 0.25) is 5.88 Å². The number of nitrogens with one attached hydrogen (secondary N) is 1. The molecule has 0 unspecified atom stereocenters. The first kappa shape index (κ1) is 18.4. The van der Waals surface area contributed by atoms with Gasteiger partial charge in [-0.2, -0.15) is 0 Å². The summed E-state index contributed by atoms with van der Waals surface area (Å²) in [6, 6.07) is 11.9. The fraction of sp³-hybridized carbons (Fsp3) is 0.429. The normalized spacial score (nSPS) is 15.3. The minimum absolute atomic E-state index is 0.173. The van der Waals surface area contributed by atoms with Crippen molar-refractivity contribution < 1.29 is 9.53 Å². The molecule has 5 heteroatoms. The number of benzene rings is 1. The summed E-state index contributed by atoms with van der Waals surface area (Å²) >= 11 is 0. The number of pyridine rings is 1. The minimum atomic E-state index is -0.173. The number of carbonyl (C=O) groups excluding carboxylic acids is 1. The zero-order valence-corrected chi connectivity index (χ0v) is 15.4. The topological polar surface area (TPSA) is 54.5 Å². The fourth-order valence-electron chi connectivity index (χ4n) is 3.39. The zero-order chi connectivity index (χ0) is 18.2. The van der Waals surface area contributed by atoms with Gasteiger partial charge in [-0.3, -0.25) is 9.69 Å². The van der Waals surface area contributed by atoms with Gasteiger partial charge < -0.3 is 10.1 Å². The molecule has 138 valence electrons. The molecule has 26 heavy (non-hydrogen) atoms. The molecule has 0 bridgehead atoms. The lowest BCUT2D eigenvalue weighted by molar-refractivity contribution is 0.0947. The summed E-state index contributed by atoms with van der Waals surface area (Å²) in [5.74, 6) is 0.174. The molecule has 1 aliphatic heterocycles. The summed E-state index contributed by atoms with van der Waals surface area (Å²) in [5, 5.41) is 2.96. The first-order valence-corrected chi connectivity index (χ1v) is 9.33. The lowest BCUT2D eigenvalue weighted by atomic mass is 10.1. The Kier molecular flexibility index (Phi) is 6.61. The number of hydrogen-bond donors (Lipinski definition) is 1. The largest absolute Gasteiger partial charge is 0.480 e. The van der Waals surface area contributed by atoms with Gasteiger partial charge in [-0.25, -0.2) is 4.98 Å². The predicted molar refractivity (Wildman–Crippen MR) is 102 cm³/mol. The van der Waals surface area contributed by atoms with Crippen LogP contribution in [0.5, 0.6) is 5.88 Å². The fourth-order valence-corrected chi connectivity index (χ4v) is 3.39. The Morgan fingerprint density at radius 2 is 1.88 bits per heavy atom. The second-order valence-corrected chi connectivity index (χ2v) is 6.75. The Morgan fingerprint density at radius 1 is 1.12 bits per heavy atom. The van der Waals surface area contributed by atoms with E-state index >= 15 is 0 Å². The third-order valence-electron chi connectivity index (χ3n) is 4.76. The van der Waals surface area contributed by atoms with Gasteiger partial charge in [0.1, 0.15) is 5.56 Å². The molecule has 0 aliphatic carbocycles. The van der Waals surface area contributed by atoms with E-state index in [4.69, 9.17) is 4.74 Å². The second kappa shape index (κ2) is 9.34. The van der Waals surface area contributed by atoms with Crippen molar-refractivity contribution in [3.63, 3.8) is 0 Å². The van der Waals surface area contributed by atoms with E-state index in [1.54, 1.807) is 18.3 Å². The van der Waals surface area contributed by atoms with E-state index in [2.05, 4.69) is 33.4 Å². The molecule has 1 aromatic carbocycles. The van der Waals surface area contributed by atoms with Crippen molar-refractivity contribution in [3.8, 4) is 5.88 Å². The molecule has 1 aromatic heterocycles. The highest BCUT2D eigenvalue weighted by molar-refractivity contribution is 5.96. The van der Waals surface area contributed by atoms with Crippen molar-refractivity contribution >= 4 is 5.91 Å². The second-order valence-electron chi connectivity index (χ2n) is 6.75. The smallest absolute Gasteiger partial charge is 0.257 e. The van der Waals surface area contributed by atoms with Crippen LogP contribution in [-0.4, -0.2) is 36.0 Å². The molecule has 0 spiro atoms. The molecule has 2 heterocycles. The third-order valence-corrected chi connectivity index (χ3v) is 4.76. The molecule has 3 rings (SSSR count). The van der Waals surface area contributed by atoms with Crippen LogP contribution in [0.15, 0.2) is 42.6 Å². The van der Waals surface area contributed by atoms with Crippen molar-refractivity contribution in [3.05, 3.63) is 59.3 Å². The molecule has 5 nitrogen and oxygen atoms in total. The first-order valence-electron chi connectivity index (χ1n) is 9.33. The van der Waals surface area contributed by atoms with Crippen LogP contribution in [0.1, 0.15) is 47.2 Å². The molecule has 2 aromatic rings. The molecular formula is C21H27N3O2. The van der Waals surface area contributed by atoms with Crippen LogP contribution in [0.2, 0.25) is 0 Å². The summed E-state index contributed by atoms with van der Waals surface area (Å²) in [7, 11) is 1.52. The number of carbonyl (C=O) groups is 1. The standard InChI is InChI=1S/C21H27N3O2/c1-26-21-19(10-7-11-22-21)20(25)23-15-17-8-6-9-18(14-17)16-24-12-4-2-3-5-13-24/h6-11,14H,2-5,12-13,15-16H2,1H3,(H,23,25). The lowest BCUT2D eigenvalue weighted by Crippen LogP contribution is -2.25. The molecule has 1 amide bonds. The molecular weight excluding hydrogens is 326 g/mol. The number of likely N-dealkylation sites (tertiary alicyclic amines) is 1. The van der Waals surface area contributed by atoms with Gasteiger partial charge >= 0.3 is 0 Å². The molecule has 1 saturated heterocycles. The van der Waals surface area contributed by atoms with Crippen LogP contribution in [-0.2, 0) is 13.1 Å². The summed E-state index contributed by atoms with van der Waals surface area (Å²) in [6.07, 6.45) is 6.90. The van der Waals surface area contributed by atoms with Crippen molar-refractivity contribution in [1.82, 2.24) is 15.2 Å². The van der Waals surface area contributed by atoms with Crippen LogP contribution < -0.4 is 10.1 Å². The van der Waals surface area contributed by atoms with Crippen molar-refractivity contribution in [2.24, 2.45) is 0 Å². The van der Waals surface area contributed by atoms with Crippen LogP contribution in [0, 0.1) is 0 Å². The Balaban J connectivity index is 1.59. The molecule has 0 atom stereocenters. The Morgan fingerprint density at radius 3 is 2.65 bits per heavy atom. The maximum Gasteiger partial charge on any atom is 0.257 e. The van der Waals surface area contributed by atoms with E-state index in [0.717, 1.165) is 12.1 Å². The average Bonchev–Trinajstić information content (AvgIpc) is 2.95. The van der Waals surface area contributed by atoms with Gasteiger partial charge in [0.05, 0.1) is 7.11 Å². The van der Waals surface area contributed by atoms with Gasteiger partial charge in [0.15, 0.2) is 0 Å². The van der Waals surface area contributed by atoms with E-state index in [-0.39, 0.29) is 5.91 Å². The number of rotatable bonds is 6. The van der Waals surface area contributed by atoms with Gasteiger partial charge in [-0.1, -0.05) is 37.1 Å². The van der Waals surface area contributed by atoms with Crippen LogP contribution in [0.3, 0.4) is 0 Å². The molecule has 0 saturated carbocycles. The number of amides is 1. The first-order chi connectivity index (χ1) is 12.8. The van der Waals surface area contributed by atoms with Crippen LogP contribution in [0.25, 0.3) is 0 Å². The Labute approximate surface area is 155 Å². The number of ether oxygens (including phenoxy) is 1. The predicted octanol–water partition coefficient (Wildman–Crippen LogP) is 3.40. The highest BCUT2D eigenvalue weighted by Gasteiger charge is 2.13. The highest BCUT2D eigenvalue weighted by atomic mass is 16.5. The quantitative estimate of drug-likeness (QED) is 0.865. The maximum atomic E-state index is 12.4. The minimum Gasteiger partial charge on any atom is -0.480 e. The van der Waals surface area contributed by atoms with Crippen molar-refractivity contribution in [1.29, 1.82) is 0 Å². The molecule has 1 fully saturated rings. The van der Waals surface area contributed by atoms with E-state index < -0.39 is 0 Å². The SMILES string of the molecule is COc1ncccc1C(=O)NCc1cccc(CN2CCCCCC2)c1. The van der Waals surface area contributed by atoms with Gasteiger partial charge in [-0.15, -0.1) is 0 Å². The average molecular weight is 353 g/mol. The van der Waals surface area contributed by atoms with Crippen LogP contribution >= 0.6 is 0 Å². The molecule has 1 aliphatic rings. The van der Waals surface area contributed by atoms with Crippen molar-refractivity contribution in [2.45, 2.75) is 38.8 Å². The van der Waals surface area contributed by atoms with Gasteiger partial charge in [-0.05, 0) is 49.2 Å². The van der Waals surface area contributed by atoms with E-state index in [9.17, 15) is 4.79 Å². The van der Waals surface area contributed by atoms with Crippen molar-refractivity contribution in [2.75, 3.05) is 20.2 Å².